The second-order valence-corrected chi connectivity index (χ2v) is 15.5. The lowest BCUT2D eigenvalue weighted by Gasteiger charge is -2.41. The third kappa shape index (κ3) is 4.69. The van der Waals surface area contributed by atoms with Gasteiger partial charge in [0, 0.05) is 45.0 Å². The number of anilines is 1. The molecule has 0 amide bonds. The van der Waals surface area contributed by atoms with Crippen LogP contribution >= 0.6 is 0 Å². The maximum absolute atomic E-state index is 5.55. The van der Waals surface area contributed by atoms with E-state index in [4.69, 9.17) is 4.99 Å². The quantitative estimate of drug-likeness (QED) is 0.220. The molecule has 2 aliphatic heterocycles. The van der Waals surface area contributed by atoms with Crippen LogP contribution in [0.5, 0.6) is 0 Å². The largest absolute Gasteiger partial charge is 0.362 e. The number of aliphatic imine (C=N–C) groups is 1. The van der Waals surface area contributed by atoms with Gasteiger partial charge in [0.2, 0.25) is 0 Å². The molecule has 0 spiro atoms. The first-order valence-electron chi connectivity index (χ1n) is 19.6. The Balaban J connectivity index is 1.10. The molecule has 3 aromatic carbocycles. The van der Waals surface area contributed by atoms with E-state index >= 15 is 0 Å². The van der Waals surface area contributed by atoms with E-state index in [1.807, 2.05) is 0 Å². The molecule has 7 aliphatic rings. The fourth-order valence-corrected chi connectivity index (χ4v) is 10.3. The molecule has 0 bridgehead atoms. The van der Waals surface area contributed by atoms with Gasteiger partial charge in [-0.05, 0) is 97.4 Å². The Morgan fingerprint density at radius 2 is 1.65 bits per heavy atom. The molecule has 4 aromatic rings. The van der Waals surface area contributed by atoms with Crippen molar-refractivity contribution in [1.82, 2.24) is 9.88 Å². The number of nitrogens with zero attached hydrogens (tertiary/aromatic N) is 3. The molecular formula is C48H44N4. The molecule has 0 saturated heterocycles. The molecule has 4 heteroatoms. The second kappa shape index (κ2) is 12.1. The van der Waals surface area contributed by atoms with Gasteiger partial charge in [-0.1, -0.05) is 115 Å². The number of allylic oxidation sites excluding steroid dienone is 8. The fourth-order valence-electron chi connectivity index (χ4n) is 10.3. The van der Waals surface area contributed by atoms with Gasteiger partial charge in [0.05, 0.1) is 23.5 Å². The zero-order valence-electron chi connectivity index (χ0n) is 29.6. The van der Waals surface area contributed by atoms with Gasteiger partial charge in [-0.3, -0.25) is 0 Å². The van der Waals surface area contributed by atoms with Crippen LogP contribution in [0.1, 0.15) is 78.8 Å². The minimum Gasteiger partial charge on any atom is -0.362 e. The molecule has 3 heterocycles. The predicted octanol–water partition coefficient (Wildman–Crippen LogP) is 8.68. The Hall–Kier alpha value is -5.35. The molecule has 52 heavy (non-hydrogen) atoms. The molecule has 0 fully saturated rings. The zero-order chi connectivity index (χ0) is 34.2. The van der Waals surface area contributed by atoms with Crippen LogP contribution in [-0.2, 0) is 12.8 Å². The summed E-state index contributed by atoms with van der Waals surface area (Å²) in [5.74, 6) is 0.579. The van der Waals surface area contributed by atoms with Crippen molar-refractivity contribution in [2.24, 2.45) is 4.99 Å². The number of nitrogens with one attached hydrogen (secondary N) is 1. The lowest BCUT2D eigenvalue weighted by Crippen LogP contribution is -2.57. The van der Waals surface area contributed by atoms with Crippen LogP contribution in [0, 0.1) is 0 Å². The highest BCUT2D eigenvalue weighted by Gasteiger charge is 2.45. The van der Waals surface area contributed by atoms with E-state index in [0.29, 0.717) is 12.0 Å². The molecule has 256 valence electrons. The minimum atomic E-state index is -0.0913. The number of para-hydroxylation sites is 1. The summed E-state index contributed by atoms with van der Waals surface area (Å²) in [5.41, 5.74) is 14.7. The Kier molecular flexibility index (Phi) is 7.06. The molecule has 5 aliphatic carbocycles. The molecule has 1 N–H and O–H groups in total. The highest BCUT2D eigenvalue weighted by Crippen LogP contribution is 2.47. The van der Waals surface area contributed by atoms with Crippen molar-refractivity contribution in [2.45, 2.75) is 81.5 Å². The number of benzene rings is 3. The van der Waals surface area contributed by atoms with Gasteiger partial charge in [0.15, 0.2) is 0 Å². The molecular weight excluding hydrogens is 633 g/mol. The summed E-state index contributed by atoms with van der Waals surface area (Å²) in [6, 6.07) is 29.9. The SMILES string of the molecule is C1=CC(n2c3c(c4c2=CC2C(C=4)c4ccccc4N2C2NC4=C(C=CCC4)N=C2C2=CC(c4ccccc4)CC=C2)-c2ccccc2CC3)CCC1. The van der Waals surface area contributed by atoms with E-state index in [2.05, 4.69) is 148 Å². The number of hydrogen-bond acceptors (Lipinski definition) is 3. The summed E-state index contributed by atoms with van der Waals surface area (Å²) in [6.07, 6.45) is 30.7. The standard InChI is InChI=1S/C48H44N4/c1-3-14-31(15-4-1)33-17-13-18-34(28-33)47-48(50-41-24-11-10-23-40(41)49-47)52-42-25-12-9-22-37(42)38-29-39-45(30-44(38)52)51(35-19-5-2-6-20-35)43-27-26-32-16-7-8-21-36(32)46(39)43/h1,3-5,7-10,12-16,18-19,21-23,25,28-30,33,35,38,44,48,50H,2,6,11,17,20,24,26-27H2. The maximum atomic E-state index is 5.55. The van der Waals surface area contributed by atoms with E-state index in [1.165, 1.54) is 80.3 Å². The number of fused-ring (bicyclic) bond motifs is 8. The summed E-state index contributed by atoms with van der Waals surface area (Å²) in [6.45, 7) is 0. The van der Waals surface area contributed by atoms with Crippen LogP contribution in [0.15, 0.2) is 143 Å². The fraction of sp³-hybridized carbons (Fsp3) is 0.271. The number of aryl methyl sites for hydroxylation is 1. The van der Waals surface area contributed by atoms with Gasteiger partial charge in [0.1, 0.15) is 6.17 Å². The smallest absolute Gasteiger partial charge is 0.144 e. The molecule has 0 radical (unpaired) electrons. The first-order chi connectivity index (χ1) is 25.8. The summed E-state index contributed by atoms with van der Waals surface area (Å²) in [7, 11) is 0. The van der Waals surface area contributed by atoms with Crippen LogP contribution < -0.4 is 20.8 Å². The third-order valence-electron chi connectivity index (χ3n) is 12.6. The number of rotatable bonds is 4. The number of hydrogen-bond donors (Lipinski definition) is 1. The van der Waals surface area contributed by atoms with Crippen molar-refractivity contribution < 1.29 is 0 Å². The molecule has 5 atom stereocenters. The van der Waals surface area contributed by atoms with E-state index in [0.717, 1.165) is 43.5 Å². The van der Waals surface area contributed by atoms with Gasteiger partial charge in [-0.2, -0.15) is 0 Å². The lowest BCUT2D eigenvalue weighted by atomic mass is 9.85. The monoisotopic (exact) mass is 676 g/mol. The van der Waals surface area contributed by atoms with Crippen molar-refractivity contribution in [3.63, 3.8) is 0 Å². The normalized spacial score (nSPS) is 26.4. The summed E-state index contributed by atoms with van der Waals surface area (Å²) in [5, 5.41) is 6.98. The first-order valence-corrected chi connectivity index (χ1v) is 19.6. The van der Waals surface area contributed by atoms with Crippen molar-refractivity contribution in [3.8, 4) is 11.1 Å². The Morgan fingerprint density at radius 3 is 2.58 bits per heavy atom. The van der Waals surface area contributed by atoms with Gasteiger partial charge in [-0.25, -0.2) is 4.99 Å². The first kappa shape index (κ1) is 30.3. The van der Waals surface area contributed by atoms with Crippen LogP contribution in [0.2, 0.25) is 0 Å². The molecule has 1 aromatic heterocycles. The molecule has 5 unspecified atom stereocenters. The Bertz CT molecular complexity index is 2430. The lowest BCUT2D eigenvalue weighted by molar-refractivity contribution is 0.492. The topological polar surface area (TPSA) is 32.6 Å². The second-order valence-electron chi connectivity index (χ2n) is 15.5. The van der Waals surface area contributed by atoms with Crippen molar-refractivity contribution >= 4 is 23.6 Å². The highest BCUT2D eigenvalue weighted by molar-refractivity contribution is 6.10. The minimum absolute atomic E-state index is 0.0913. The van der Waals surface area contributed by atoms with E-state index in [9.17, 15) is 0 Å². The highest BCUT2D eigenvalue weighted by atomic mass is 15.3. The summed E-state index contributed by atoms with van der Waals surface area (Å²) in [4.78, 5) is 8.25. The average Bonchev–Trinajstić information content (AvgIpc) is 3.72. The van der Waals surface area contributed by atoms with Crippen LogP contribution in [0.4, 0.5) is 5.69 Å². The third-order valence-corrected chi connectivity index (χ3v) is 12.6. The number of aromatic nitrogens is 1. The Morgan fingerprint density at radius 1 is 0.769 bits per heavy atom. The van der Waals surface area contributed by atoms with E-state index in [-0.39, 0.29) is 18.1 Å². The van der Waals surface area contributed by atoms with Gasteiger partial charge < -0.3 is 14.8 Å². The van der Waals surface area contributed by atoms with Crippen molar-refractivity contribution in [2.75, 3.05) is 4.90 Å². The zero-order valence-corrected chi connectivity index (χ0v) is 29.6. The Labute approximate surface area is 306 Å². The van der Waals surface area contributed by atoms with Crippen LogP contribution in [-0.4, -0.2) is 22.5 Å². The summed E-state index contributed by atoms with van der Waals surface area (Å²) >= 11 is 0. The van der Waals surface area contributed by atoms with Crippen molar-refractivity contribution in [1.29, 1.82) is 0 Å². The van der Waals surface area contributed by atoms with Gasteiger partial charge in [-0.15, -0.1) is 0 Å². The maximum Gasteiger partial charge on any atom is 0.144 e. The molecule has 11 rings (SSSR count). The van der Waals surface area contributed by atoms with E-state index < -0.39 is 0 Å². The van der Waals surface area contributed by atoms with Crippen LogP contribution in [0.3, 0.4) is 0 Å². The van der Waals surface area contributed by atoms with Gasteiger partial charge >= 0.3 is 0 Å². The van der Waals surface area contributed by atoms with Gasteiger partial charge in [0.25, 0.3) is 0 Å². The van der Waals surface area contributed by atoms with E-state index in [1.54, 1.807) is 0 Å². The van der Waals surface area contributed by atoms with Crippen LogP contribution in [0.25, 0.3) is 23.3 Å². The summed E-state index contributed by atoms with van der Waals surface area (Å²) < 4.78 is 2.76. The predicted molar refractivity (Wildman–Crippen MR) is 214 cm³/mol. The molecule has 0 saturated carbocycles. The average molecular weight is 677 g/mol. The van der Waals surface area contributed by atoms with Crippen molar-refractivity contribution in [3.05, 3.63) is 171 Å². The molecule has 4 nitrogen and oxygen atoms in total.